The second-order valence-electron chi connectivity index (χ2n) is 7.27. The lowest BCUT2D eigenvalue weighted by Crippen LogP contribution is -2.46. The molecule has 30 heavy (non-hydrogen) atoms. The maximum Gasteiger partial charge on any atom is 0.308 e. The molecule has 1 fully saturated rings. The summed E-state index contributed by atoms with van der Waals surface area (Å²) in [6.07, 6.45) is 1.92. The summed E-state index contributed by atoms with van der Waals surface area (Å²) in [5.74, 6) is -0.420. The first-order valence-electron chi connectivity index (χ1n) is 9.98. The van der Waals surface area contributed by atoms with Crippen LogP contribution in [0.2, 0.25) is 0 Å². The second kappa shape index (κ2) is 9.40. The highest BCUT2D eigenvalue weighted by atomic mass is 32.2. The number of benzene rings is 2. The van der Waals surface area contributed by atoms with Crippen molar-refractivity contribution in [1.82, 2.24) is 9.62 Å². The zero-order chi connectivity index (χ0) is 21.7. The molecular formula is C22H26N2O5S. The van der Waals surface area contributed by atoms with E-state index in [1.54, 1.807) is 30.3 Å². The fraction of sp³-hybridized carbons (Fsp3) is 0.364. The number of carbonyl (C=O) groups is 2. The van der Waals surface area contributed by atoms with E-state index in [0.717, 1.165) is 12.0 Å². The Bertz CT molecular complexity index is 1010. The Labute approximate surface area is 177 Å². The fourth-order valence-corrected chi connectivity index (χ4v) is 4.89. The molecule has 3 rings (SSSR count). The van der Waals surface area contributed by atoms with Gasteiger partial charge in [0, 0.05) is 31.6 Å². The van der Waals surface area contributed by atoms with E-state index < -0.39 is 16.0 Å². The van der Waals surface area contributed by atoms with Crippen LogP contribution in [0.5, 0.6) is 5.75 Å². The average molecular weight is 431 g/mol. The molecule has 1 saturated heterocycles. The Morgan fingerprint density at radius 1 is 1.10 bits per heavy atom. The molecule has 0 aliphatic carbocycles. The summed E-state index contributed by atoms with van der Waals surface area (Å²) in [6.45, 7) is 4.01. The number of piperidine rings is 1. The van der Waals surface area contributed by atoms with Crippen LogP contribution in [0.1, 0.15) is 42.6 Å². The average Bonchev–Trinajstić information content (AvgIpc) is 2.74. The van der Waals surface area contributed by atoms with Gasteiger partial charge in [0.2, 0.25) is 10.0 Å². The minimum absolute atomic E-state index is 0.121. The number of sulfonamides is 1. The van der Waals surface area contributed by atoms with Crippen molar-refractivity contribution in [2.75, 3.05) is 13.1 Å². The highest BCUT2D eigenvalue weighted by molar-refractivity contribution is 7.89. The molecular weight excluding hydrogens is 404 g/mol. The molecule has 0 bridgehead atoms. The molecule has 7 nitrogen and oxygen atoms in total. The van der Waals surface area contributed by atoms with Crippen molar-refractivity contribution in [1.29, 1.82) is 0 Å². The Kier molecular flexibility index (Phi) is 6.89. The highest BCUT2D eigenvalue weighted by Gasteiger charge is 2.30. The lowest BCUT2D eigenvalue weighted by molar-refractivity contribution is -0.131. The van der Waals surface area contributed by atoms with Gasteiger partial charge < -0.3 is 10.1 Å². The fourth-order valence-electron chi connectivity index (χ4n) is 3.42. The molecule has 0 aromatic heterocycles. The van der Waals surface area contributed by atoms with Crippen LogP contribution in [0.4, 0.5) is 0 Å². The predicted molar refractivity (Wildman–Crippen MR) is 113 cm³/mol. The Balaban J connectivity index is 1.58. The van der Waals surface area contributed by atoms with Gasteiger partial charge in [-0.2, -0.15) is 4.31 Å². The summed E-state index contributed by atoms with van der Waals surface area (Å²) in [7, 11) is -3.54. The van der Waals surface area contributed by atoms with Gasteiger partial charge in [0.15, 0.2) is 0 Å². The molecule has 2 aromatic rings. The first-order chi connectivity index (χ1) is 14.3. The molecule has 1 aliphatic heterocycles. The number of amides is 1. The molecule has 0 unspecified atom stereocenters. The van der Waals surface area contributed by atoms with Crippen molar-refractivity contribution >= 4 is 21.9 Å². The van der Waals surface area contributed by atoms with Crippen LogP contribution in [-0.4, -0.2) is 43.7 Å². The summed E-state index contributed by atoms with van der Waals surface area (Å²) in [4.78, 5) is 23.9. The second-order valence-corrected chi connectivity index (χ2v) is 9.21. The van der Waals surface area contributed by atoms with Crippen molar-refractivity contribution in [3.63, 3.8) is 0 Å². The number of hydrogen-bond donors (Lipinski definition) is 1. The molecule has 0 atom stereocenters. The number of carbonyl (C=O) groups excluding carboxylic acids is 2. The van der Waals surface area contributed by atoms with Crippen molar-refractivity contribution < 1.29 is 22.7 Å². The summed E-state index contributed by atoms with van der Waals surface area (Å²) < 4.78 is 32.2. The van der Waals surface area contributed by atoms with Gasteiger partial charge >= 0.3 is 5.97 Å². The van der Waals surface area contributed by atoms with Gasteiger partial charge in [-0.3, -0.25) is 9.59 Å². The van der Waals surface area contributed by atoms with Crippen molar-refractivity contribution in [3.05, 3.63) is 59.7 Å². The van der Waals surface area contributed by atoms with E-state index in [9.17, 15) is 18.0 Å². The molecule has 8 heteroatoms. The molecule has 160 valence electrons. The predicted octanol–water partition coefficient (Wildman–Crippen LogP) is 2.76. The number of rotatable bonds is 6. The minimum atomic E-state index is -3.54. The Morgan fingerprint density at radius 3 is 2.37 bits per heavy atom. The third kappa shape index (κ3) is 5.25. The molecule has 2 aromatic carbocycles. The molecule has 1 amide bonds. The van der Waals surface area contributed by atoms with E-state index in [2.05, 4.69) is 5.32 Å². The number of nitrogens with zero attached hydrogens (tertiary/aromatic N) is 1. The molecule has 1 heterocycles. The van der Waals surface area contributed by atoms with E-state index in [1.807, 2.05) is 19.1 Å². The van der Waals surface area contributed by atoms with Crippen LogP contribution in [0.25, 0.3) is 0 Å². The summed E-state index contributed by atoms with van der Waals surface area (Å²) in [5, 5.41) is 2.94. The highest BCUT2D eigenvalue weighted by Crippen LogP contribution is 2.22. The number of ether oxygens (including phenoxy) is 1. The molecule has 0 saturated carbocycles. The molecule has 0 radical (unpaired) electrons. The monoisotopic (exact) mass is 430 g/mol. The Hall–Kier alpha value is -2.71. The van der Waals surface area contributed by atoms with Gasteiger partial charge in [0.25, 0.3) is 5.91 Å². The van der Waals surface area contributed by atoms with Crippen molar-refractivity contribution in [2.45, 2.75) is 44.0 Å². The van der Waals surface area contributed by atoms with Crippen LogP contribution in [0, 0.1) is 0 Å². The van der Waals surface area contributed by atoms with E-state index in [-0.39, 0.29) is 11.9 Å². The van der Waals surface area contributed by atoms with Crippen LogP contribution < -0.4 is 10.1 Å². The third-order valence-corrected chi connectivity index (χ3v) is 7.03. The van der Waals surface area contributed by atoms with Gasteiger partial charge in [0.05, 0.1) is 4.90 Å². The number of hydrogen-bond acceptors (Lipinski definition) is 5. The van der Waals surface area contributed by atoms with Crippen LogP contribution in [-0.2, 0) is 21.2 Å². The summed E-state index contributed by atoms with van der Waals surface area (Å²) in [6, 6.07) is 13.3. The van der Waals surface area contributed by atoms with E-state index in [0.29, 0.717) is 42.1 Å². The largest absolute Gasteiger partial charge is 0.427 e. The van der Waals surface area contributed by atoms with E-state index >= 15 is 0 Å². The molecule has 0 spiro atoms. The van der Waals surface area contributed by atoms with Crippen molar-refractivity contribution in [2.24, 2.45) is 0 Å². The smallest absolute Gasteiger partial charge is 0.308 e. The van der Waals surface area contributed by atoms with Gasteiger partial charge in [0.1, 0.15) is 5.75 Å². The van der Waals surface area contributed by atoms with Gasteiger partial charge in [-0.05, 0) is 55.2 Å². The van der Waals surface area contributed by atoms with Crippen LogP contribution in [0.3, 0.4) is 0 Å². The maximum atomic E-state index is 12.9. The number of aryl methyl sites for hydroxylation is 1. The van der Waals surface area contributed by atoms with E-state index in [1.165, 1.54) is 17.3 Å². The van der Waals surface area contributed by atoms with Gasteiger partial charge in [-0.1, -0.05) is 25.1 Å². The van der Waals surface area contributed by atoms with Crippen LogP contribution >= 0.6 is 0 Å². The lowest BCUT2D eigenvalue weighted by atomic mass is 10.1. The zero-order valence-electron chi connectivity index (χ0n) is 17.1. The number of esters is 1. The van der Waals surface area contributed by atoms with Crippen molar-refractivity contribution in [3.8, 4) is 5.75 Å². The number of nitrogens with one attached hydrogen (secondary N) is 1. The zero-order valence-corrected chi connectivity index (χ0v) is 17.9. The third-order valence-electron chi connectivity index (χ3n) is 5.12. The van der Waals surface area contributed by atoms with E-state index in [4.69, 9.17) is 4.74 Å². The quantitative estimate of drug-likeness (QED) is 0.562. The maximum absolute atomic E-state index is 12.9. The standard InChI is InChI=1S/C22H26N2O5S/c1-3-17-7-9-21(10-8-17)30(27,28)24-13-11-19(12-14-24)23-22(26)18-5-4-6-20(15-18)29-16(2)25/h4-10,15,19H,3,11-14H2,1-2H3,(H,23,26). The topological polar surface area (TPSA) is 92.8 Å². The van der Waals surface area contributed by atoms with Gasteiger partial charge in [-0.25, -0.2) is 8.42 Å². The first kappa shape index (κ1) is 22.0. The lowest BCUT2D eigenvalue weighted by Gasteiger charge is -2.31. The SMILES string of the molecule is CCc1ccc(S(=O)(=O)N2CCC(NC(=O)c3cccc(OC(C)=O)c3)CC2)cc1. The molecule has 1 N–H and O–H groups in total. The summed E-state index contributed by atoms with van der Waals surface area (Å²) >= 11 is 0. The minimum Gasteiger partial charge on any atom is -0.427 e. The normalized spacial score (nSPS) is 15.5. The van der Waals surface area contributed by atoms with Crippen LogP contribution in [0.15, 0.2) is 53.4 Å². The van der Waals surface area contributed by atoms with Gasteiger partial charge in [-0.15, -0.1) is 0 Å². The first-order valence-corrected chi connectivity index (χ1v) is 11.4. The summed E-state index contributed by atoms with van der Waals surface area (Å²) in [5.41, 5.74) is 1.48. The molecule has 1 aliphatic rings. The Morgan fingerprint density at radius 2 is 1.77 bits per heavy atom.